The zero-order chi connectivity index (χ0) is 13.4. The molecule has 0 aromatic carbocycles. The van der Waals surface area contributed by atoms with Crippen LogP contribution < -0.4 is 5.32 Å². The highest BCUT2D eigenvalue weighted by atomic mass is 15.1. The van der Waals surface area contributed by atoms with E-state index < -0.39 is 0 Å². The number of rotatable bonds is 8. The second-order valence-corrected chi connectivity index (χ2v) is 5.16. The highest BCUT2D eigenvalue weighted by Crippen LogP contribution is 2.06. The van der Waals surface area contributed by atoms with Crippen molar-refractivity contribution in [3.8, 4) is 0 Å². The van der Waals surface area contributed by atoms with E-state index in [9.17, 15) is 0 Å². The number of hydrogen-bond donors (Lipinski definition) is 1. The summed E-state index contributed by atoms with van der Waals surface area (Å²) >= 11 is 0. The van der Waals surface area contributed by atoms with Gasteiger partial charge in [0.25, 0.3) is 0 Å². The molecule has 0 aliphatic rings. The predicted octanol–water partition coefficient (Wildman–Crippen LogP) is 2.67. The van der Waals surface area contributed by atoms with Gasteiger partial charge in [0, 0.05) is 25.8 Å². The van der Waals surface area contributed by atoms with E-state index in [0.717, 1.165) is 38.4 Å². The Morgan fingerprint density at radius 1 is 1.28 bits per heavy atom. The third-order valence-corrected chi connectivity index (χ3v) is 2.92. The normalized spacial score (nSPS) is 11.4. The Kier molecular flexibility index (Phi) is 6.91. The minimum Gasteiger partial charge on any atom is -0.313 e. The van der Waals surface area contributed by atoms with E-state index in [1.807, 2.05) is 6.20 Å². The fourth-order valence-electron chi connectivity index (χ4n) is 1.97. The van der Waals surface area contributed by atoms with Crippen molar-refractivity contribution >= 4 is 0 Å². The summed E-state index contributed by atoms with van der Waals surface area (Å²) in [4.78, 5) is 6.99. The van der Waals surface area contributed by atoms with Crippen LogP contribution in [-0.2, 0) is 13.1 Å². The molecule has 1 aromatic rings. The second-order valence-electron chi connectivity index (χ2n) is 5.16. The van der Waals surface area contributed by atoms with Crippen LogP contribution in [0.3, 0.4) is 0 Å². The maximum atomic E-state index is 4.54. The number of aromatic nitrogens is 1. The molecule has 18 heavy (non-hydrogen) atoms. The van der Waals surface area contributed by atoms with Gasteiger partial charge in [0.1, 0.15) is 0 Å². The van der Waals surface area contributed by atoms with Gasteiger partial charge >= 0.3 is 0 Å². The Balaban J connectivity index is 2.51. The molecule has 3 heteroatoms. The van der Waals surface area contributed by atoms with Crippen molar-refractivity contribution in [2.45, 2.75) is 40.8 Å². The van der Waals surface area contributed by atoms with Crippen LogP contribution in [0.4, 0.5) is 0 Å². The van der Waals surface area contributed by atoms with Gasteiger partial charge in [-0.15, -0.1) is 0 Å². The first-order valence-corrected chi connectivity index (χ1v) is 7.02. The van der Waals surface area contributed by atoms with Crippen LogP contribution in [-0.4, -0.2) is 29.5 Å². The van der Waals surface area contributed by atoms with Crippen molar-refractivity contribution in [1.29, 1.82) is 0 Å². The highest BCUT2D eigenvalue weighted by Gasteiger charge is 2.06. The average Bonchev–Trinajstić information content (AvgIpc) is 2.36. The van der Waals surface area contributed by atoms with Gasteiger partial charge in [-0.1, -0.05) is 33.8 Å². The SMILES string of the molecule is CCNCc1ccc(CN(CC)CC(C)C)nc1. The molecule has 3 nitrogen and oxygen atoms in total. The Morgan fingerprint density at radius 3 is 2.56 bits per heavy atom. The average molecular weight is 249 g/mol. The molecule has 1 N–H and O–H groups in total. The van der Waals surface area contributed by atoms with Crippen LogP contribution in [0.15, 0.2) is 18.3 Å². The lowest BCUT2D eigenvalue weighted by Crippen LogP contribution is -2.27. The van der Waals surface area contributed by atoms with Gasteiger partial charge < -0.3 is 5.32 Å². The van der Waals surface area contributed by atoms with Gasteiger partial charge in [0.2, 0.25) is 0 Å². The quantitative estimate of drug-likeness (QED) is 0.768. The summed E-state index contributed by atoms with van der Waals surface area (Å²) in [6, 6.07) is 4.32. The van der Waals surface area contributed by atoms with Crippen molar-refractivity contribution in [3.63, 3.8) is 0 Å². The number of hydrogen-bond acceptors (Lipinski definition) is 3. The summed E-state index contributed by atoms with van der Waals surface area (Å²) in [5.74, 6) is 0.706. The maximum Gasteiger partial charge on any atom is 0.0544 e. The maximum absolute atomic E-state index is 4.54. The Labute approximate surface area is 112 Å². The van der Waals surface area contributed by atoms with Crippen LogP contribution in [0.25, 0.3) is 0 Å². The van der Waals surface area contributed by atoms with E-state index >= 15 is 0 Å². The fraction of sp³-hybridized carbons (Fsp3) is 0.667. The summed E-state index contributed by atoms with van der Waals surface area (Å²) < 4.78 is 0. The molecule has 0 spiro atoms. The molecule has 0 aliphatic heterocycles. The molecule has 0 atom stereocenters. The van der Waals surface area contributed by atoms with Gasteiger partial charge in [-0.3, -0.25) is 9.88 Å². The largest absolute Gasteiger partial charge is 0.313 e. The molecule has 0 unspecified atom stereocenters. The Bertz CT molecular complexity index is 319. The first-order chi connectivity index (χ1) is 8.65. The van der Waals surface area contributed by atoms with Crippen LogP contribution in [0.1, 0.15) is 39.0 Å². The van der Waals surface area contributed by atoms with E-state index in [-0.39, 0.29) is 0 Å². The van der Waals surface area contributed by atoms with E-state index in [0.29, 0.717) is 5.92 Å². The van der Waals surface area contributed by atoms with Crippen molar-refractivity contribution in [3.05, 3.63) is 29.6 Å². The minimum absolute atomic E-state index is 0.706. The molecule has 0 bridgehead atoms. The standard InChI is InChI=1S/C15H27N3/c1-5-16-9-14-7-8-15(17-10-14)12-18(6-2)11-13(3)4/h7-8,10,13,16H,5-6,9,11-12H2,1-4H3. The summed E-state index contributed by atoms with van der Waals surface area (Å²) in [5, 5.41) is 3.31. The summed E-state index contributed by atoms with van der Waals surface area (Å²) in [6.45, 7) is 13.9. The molecular weight excluding hydrogens is 222 g/mol. The number of nitrogens with one attached hydrogen (secondary N) is 1. The third-order valence-electron chi connectivity index (χ3n) is 2.92. The summed E-state index contributed by atoms with van der Waals surface area (Å²) in [5.41, 5.74) is 2.42. The zero-order valence-corrected chi connectivity index (χ0v) is 12.2. The highest BCUT2D eigenvalue weighted by molar-refractivity contribution is 5.13. The lowest BCUT2D eigenvalue weighted by molar-refractivity contribution is 0.245. The Morgan fingerprint density at radius 2 is 2.06 bits per heavy atom. The van der Waals surface area contributed by atoms with Gasteiger partial charge in [0.05, 0.1) is 5.69 Å². The molecule has 0 radical (unpaired) electrons. The molecule has 0 fully saturated rings. The van der Waals surface area contributed by atoms with Crippen LogP contribution >= 0.6 is 0 Å². The van der Waals surface area contributed by atoms with E-state index in [2.05, 4.69) is 55.0 Å². The molecule has 0 saturated carbocycles. The molecule has 0 saturated heterocycles. The monoisotopic (exact) mass is 249 g/mol. The zero-order valence-electron chi connectivity index (χ0n) is 12.2. The number of nitrogens with zero attached hydrogens (tertiary/aromatic N) is 2. The smallest absolute Gasteiger partial charge is 0.0544 e. The van der Waals surface area contributed by atoms with Crippen molar-refractivity contribution in [2.24, 2.45) is 5.92 Å². The van der Waals surface area contributed by atoms with Crippen molar-refractivity contribution < 1.29 is 0 Å². The van der Waals surface area contributed by atoms with E-state index in [1.54, 1.807) is 0 Å². The van der Waals surface area contributed by atoms with Gasteiger partial charge in [-0.25, -0.2) is 0 Å². The van der Waals surface area contributed by atoms with Crippen molar-refractivity contribution in [2.75, 3.05) is 19.6 Å². The van der Waals surface area contributed by atoms with E-state index in [4.69, 9.17) is 0 Å². The molecule has 1 aromatic heterocycles. The lowest BCUT2D eigenvalue weighted by Gasteiger charge is -2.22. The number of pyridine rings is 1. The Hall–Kier alpha value is -0.930. The van der Waals surface area contributed by atoms with Gasteiger partial charge in [-0.05, 0) is 30.6 Å². The van der Waals surface area contributed by atoms with Crippen LogP contribution in [0, 0.1) is 5.92 Å². The summed E-state index contributed by atoms with van der Waals surface area (Å²) in [7, 11) is 0. The lowest BCUT2D eigenvalue weighted by atomic mass is 10.2. The van der Waals surface area contributed by atoms with E-state index in [1.165, 1.54) is 5.56 Å². The topological polar surface area (TPSA) is 28.2 Å². The van der Waals surface area contributed by atoms with Crippen molar-refractivity contribution in [1.82, 2.24) is 15.2 Å². The third kappa shape index (κ3) is 5.61. The molecule has 102 valence electrons. The molecule has 1 rings (SSSR count). The fourth-order valence-corrected chi connectivity index (χ4v) is 1.97. The summed E-state index contributed by atoms with van der Waals surface area (Å²) in [6.07, 6.45) is 1.99. The molecular formula is C15H27N3. The minimum atomic E-state index is 0.706. The second kappa shape index (κ2) is 8.22. The predicted molar refractivity (Wildman–Crippen MR) is 77.4 cm³/mol. The molecule has 0 aliphatic carbocycles. The first kappa shape index (κ1) is 15.1. The molecule has 0 amide bonds. The first-order valence-electron chi connectivity index (χ1n) is 7.02. The van der Waals surface area contributed by atoms with Crippen LogP contribution in [0.5, 0.6) is 0 Å². The van der Waals surface area contributed by atoms with Gasteiger partial charge in [-0.2, -0.15) is 0 Å². The van der Waals surface area contributed by atoms with Crippen LogP contribution in [0.2, 0.25) is 0 Å². The molecule has 1 heterocycles. The van der Waals surface area contributed by atoms with Gasteiger partial charge in [0.15, 0.2) is 0 Å².